The third-order valence-electron chi connectivity index (χ3n) is 3.44. The van der Waals surface area contributed by atoms with Crippen molar-refractivity contribution >= 4 is 17.4 Å². The van der Waals surface area contributed by atoms with E-state index in [-0.39, 0.29) is 11.7 Å². The van der Waals surface area contributed by atoms with E-state index in [0.29, 0.717) is 12.1 Å². The van der Waals surface area contributed by atoms with E-state index < -0.39 is 5.54 Å². The molecule has 96 valence electrons. The summed E-state index contributed by atoms with van der Waals surface area (Å²) in [7, 11) is 0. The zero-order valence-electron chi connectivity index (χ0n) is 11.0. The summed E-state index contributed by atoms with van der Waals surface area (Å²) in [6.45, 7) is 6.78. The molecule has 1 aliphatic rings. The number of ketones is 1. The molecule has 1 saturated heterocycles. The van der Waals surface area contributed by atoms with Crippen molar-refractivity contribution in [2.45, 2.75) is 26.3 Å². The maximum atomic E-state index is 11.9. The summed E-state index contributed by atoms with van der Waals surface area (Å²) in [5, 5.41) is 2.87. The first-order valence-corrected chi connectivity index (χ1v) is 6.10. The predicted molar refractivity (Wildman–Crippen MR) is 70.9 cm³/mol. The largest absolute Gasteiger partial charge is 0.356 e. The lowest BCUT2D eigenvalue weighted by atomic mass is 9.97. The number of carbonyl (C=O) groups is 2. The van der Waals surface area contributed by atoms with Gasteiger partial charge in [0.15, 0.2) is 5.78 Å². The summed E-state index contributed by atoms with van der Waals surface area (Å²) >= 11 is 0. The van der Waals surface area contributed by atoms with Crippen molar-refractivity contribution in [2.24, 2.45) is 0 Å². The van der Waals surface area contributed by atoms with E-state index in [2.05, 4.69) is 10.2 Å². The maximum Gasteiger partial charge on any atom is 0.245 e. The van der Waals surface area contributed by atoms with Crippen molar-refractivity contribution in [2.75, 3.05) is 18.0 Å². The van der Waals surface area contributed by atoms with E-state index in [0.717, 1.165) is 12.2 Å². The molecule has 1 aromatic carbocycles. The Morgan fingerprint density at radius 2 is 1.89 bits per heavy atom. The van der Waals surface area contributed by atoms with Gasteiger partial charge < -0.3 is 10.2 Å². The maximum absolute atomic E-state index is 11.9. The van der Waals surface area contributed by atoms with E-state index in [4.69, 9.17) is 0 Å². The molecule has 18 heavy (non-hydrogen) atoms. The Hall–Kier alpha value is -1.84. The molecule has 1 heterocycles. The van der Waals surface area contributed by atoms with E-state index in [1.54, 1.807) is 19.1 Å². The number of nitrogens with zero attached hydrogens (tertiary/aromatic N) is 1. The number of hydrogen-bond donors (Lipinski definition) is 1. The molecule has 2 rings (SSSR count). The van der Waals surface area contributed by atoms with Crippen molar-refractivity contribution < 1.29 is 9.59 Å². The van der Waals surface area contributed by atoms with Gasteiger partial charge in [0.2, 0.25) is 5.91 Å². The van der Waals surface area contributed by atoms with Crippen LogP contribution in [0.4, 0.5) is 5.69 Å². The van der Waals surface area contributed by atoms with Crippen LogP contribution in [0.3, 0.4) is 0 Å². The molecule has 4 heteroatoms. The molecule has 0 saturated carbocycles. The van der Waals surface area contributed by atoms with Crippen LogP contribution in [0.2, 0.25) is 0 Å². The summed E-state index contributed by atoms with van der Waals surface area (Å²) in [6.07, 6.45) is 0. The number of Topliss-reactive ketones (excluding diaryl/α,β-unsaturated/α-hetero) is 1. The van der Waals surface area contributed by atoms with E-state index >= 15 is 0 Å². The van der Waals surface area contributed by atoms with Crippen LogP contribution in [0, 0.1) is 0 Å². The lowest BCUT2D eigenvalue weighted by Crippen LogP contribution is -2.62. The van der Waals surface area contributed by atoms with Crippen molar-refractivity contribution in [3.8, 4) is 0 Å². The fourth-order valence-electron chi connectivity index (χ4n) is 2.23. The van der Waals surface area contributed by atoms with Gasteiger partial charge in [0.1, 0.15) is 5.54 Å². The molecule has 1 aromatic rings. The Labute approximate surface area is 107 Å². The van der Waals surface area contributed by atoms with Gasteiger partial charge in [-0.2, -0.15) is 0 Å². The van der Waals surface area contributed by atoms with Crippen LogP contribution in [0.5, 0.6) is 0 Å². The first kappa shape index (κ1) is 12.6. The van der Waals surface area contributed by atoms with Gasteiger partial charge in [0, 0.05) is 24.3 Å². The minimum Gasteiger partial charge on any atom is -0.356 e. The number of nitrogens with one attached hydrogen (secondary N) is 1. The molecule has 1 aliphatic heterocycles. The minimum atomic E-state index is -0.560. The number of carbonyl (C=O) groups excluding carboxylic acids is 2. The molecule has 1 N–H and O–H groups in total. The van der Waals surface area contributed by atoms with Crippen LogP contribution in [0.1, 0.15) is 31.1 Å². The molecular weight excluding hydrogens is 228 g/mol. The molecule has 0 radical (unpaired) electrons. The number of amides is 1. The predicted octanol–water partition coefficient (Wildman–Crippen LogP) is 1.60. The minimum absolute atomic E-state index is 0.0318. The Bertz CT molecular complexity index is 477. The zero-order chi connectivity index (χ0) is 13.3. The molecule has 0 atom stereocenters. The highest BCUT2D eigenvalue weighted by molar-refractivity contribution is 5.95. The quantitative estimate of drug-likeness (QED) is 0.806. The molecule has 0 aromatic heterocycles. The summed E-state index contributed by atoms with van der Waals surface area (Å²) in [5.41, 5.74) is 1.11. The molecule has 0 spiro atoms. The fourth-order valence-corrected chi connectivity index (χ4v) is 2.23. The van der Waals surface area contributed by atoms with Crippen LogP contribution in [0.15, 0.2) is 24.3 Å². The van der Waals surface area contributed by atoms with Crippen LogP contribution < -0.4 is 10.2 Å². The number of rotatable bonds is 2. The van der Waals surface area contributed by atoms with E-state index in [1.807, 2.05) is 26.0 Å². The summed E-state index contributed by atoms with van der Waals surface area (Å²) in [6, 6.07) is 7.41. The van der Waals surface area contributed by atoms with Gasteiger partial charge in [0.25, 0.3) is 0 Å². The third kappa shape index (κ3) is 2.10. The van der Waals surface area contributed by atoms with Gasteiger partial charge >= 0.3 is 0 Å². The average molecular weight is 246 g/mol. The van der Waals surface area contributed by atoms with Crippen molar-refractivity contribution in [3.05, 3.63) is 29.8 Å². The van der Waals surface area contributed by atoms with Crippen LogP contribution in [-0.2, 0) is 4.79 Å². The number of hydrogen-bond acceptors (Lipinski definition) is 3. The average Bonchev–Trinajstić information content (AvgIpc) is 2.33. The topological polar surface area (TPSA) is 49.4 Å². The monoisotopic (exact) mass is 246 g/mol. The van der Waals surface area contributed by atoms with E-state index in [9.17, 15) is 9.59 Å². The lowest BCUT2D eigenvalue weighted by molar-refractivity contribution is -0.126. The Morgan fingerprint density at radius 1 is 1.28 bits per heavy atom. The van der Waals surface area contributed by atoms with Gasteiger partial charge in [0.05, 0.1) is 0 Å². The van der Waals surface area contributed by atoms with Crippen LogP contribution in [-0.4, -0.2) is 30.3 Å². The highest BCUT2D eigenvalue weighted by Crippen LogP contribution is 2.26. The number of anilines is 1. The standard InChI is InChI=1S/C14H18N2O2/c1-10(17)11-4-6-12(7-5-11)16-9-8-15-13(18)14(16,2)3/h4-7H,8-9H2,1-3H3,(H,15,18). The second-order valence-corrected chi connectivity index (χ2v) is 5.07. The summed E-state index contributed by atoms with van der Waals surface area (Å²) in [4.78, 5) is 25.2. The first-order chi connectivity index (χ1) is 8.43. The SMILES string of the molecule is CC(=O)c1ccc(N2CCNC(=O)C2(C)C)cc1. The van der Waals surface area contributed by atoms with Gasteiger partial charge in [-0.1, -0.05) is 0 Å². The molecule has 0 aliphatic carbocycles. The Morgan fingerprint density at radius 3 is 2.44 bits per heavy atom. The Kier molecular flexibility index (Phi) is 3.11. The van der Waals surface area contributed by atoms with Crippen molar-refractivity contribution in [3.63, 3.8) is 0 Å². The Balaban J connectivity index is 2.30. The van der Waals surface area contributed by atoms with Gasteiger partial charge in [-0.15, -0.1) is 0 Å². The van der Waals surface area contributed by atoms with Crippen LogP contribution in [0.25, 0.3) is 0 Å². The van der Waals surface area contributed by atoms with Gasteiger partial charge in [-0.25, -0.2) is 0 Å². The second-order valence-electron chi connectivity index (χ2n) is 5.07. The normalized spacial score (nSPS) is 18.4. The van der Waals surface area contributed by atoms with Crippen molar-refractivity contribution in [1.82, 2.24) is 5.32 Å². The highest BCUT2D eigenvalue weighted by atomic mass is 16.2. The van der Waals surface area contributed by atoms with Crippen LogP contribution >= 0.6 is 0 Å². The number of benzene rings is 1. The lowest BCUT2D eigenvalue weighted by Gasteiger charge is -2.42. The smallest absolute Gasteiger partial charge is 0.245 e. The molecule has 1 amide bonds. The van der Waals surface area contributed by atoms with Crippen molar-refractivity contribution in [1.29, 1.82) is 0 Å². The zero-order valence-corrected chi connectivity index (χ0v) is 11.0. The summed E-state index contributed by atoms with van der Waals surface area (Å²) in [5.74, 6) is 0.0848. The molecule has 0 bridgehead atoms. The third-order valence-corrected chi connectivity index (χ3v) is 3.44. The molecule has 4 nitrogen and oxygen atoms in total. The molecule has 1 fully saturated rings. The molecular formula is C14H18N2O2. The first-order valence-electron chi connectivity index (χ1n) is 6.10. The number of piperazine rings is 1. The fraction of sp³-hybridized carbons (Fsp3) is 0.429. The van der Waals surface area contributed by atoms with E-state index in [1.165, 1.54) is 0 Å². The molecule has 0 unspecified atom stereocenters. The highest BCUT2D eigenvalue weighted by Gasteiger charge is 2.37. The van der Waals surface area contributed by atoms with Gasteiger partial charge in [-0.3, -0.25) is 9.59 Å². The van der Waals surface area contributed by atoms with Gasteiger partial charge in [-0.05, 0) is 45.0 Å². The second kappa shape index (κ2) is 4.44. The summed E-state index contributed by atoms with van der Waals surface area (Å²) < 4.78 is 0.